The Morgan fingerprint density at radius 3 is 2.63 bits per heavy atom. The molecule has 3 nitrogen and oxygen atoms in total. The number of halogens is 1. The summed E-state index contributed by atoms with van der Waals surface area (Å²) in [6.07, 6.45) is 1.62. The first-order chi connectivity index (χ1) is 9.16. The summed E-state index contributed by atoms with van der Waals surface area (Å²) in [6, 6.07) is 13.4. The molecule has 1 atom stereocenters. The van der Waals surface area contributed by atoms with Crippen LogP contribution in [0.1, 0.15) is 5.56 Å². The molecule has 0 radical (unpaired) electrons. The Labute approximate surface area is 122 Å². The normalized spacial score (nSPS) is 12.8. The molecule has 1 aromatic heterocycles. The molecule has 5 heteroatoms. The first-order valence-corrected chi connectivity index (χ1v) is 7.67. The lowest BCUT2D eigenvalue weighted by molar-refractivity contribution is 0.587. The van der Waals surface area contributed by atoms with Gasteiger partial charge in [-0.1, -0.05) is 23.8 Å². The Balaban J connectivity index is 2.09. The average Bonchev–Trinajstić information content (AvgIpc) is 2.84. The van der Waals surface area contributed by atoms with Gasteiger partial charge >= 0.3 is 0 Å². The largest absolute Gasteiger partial charge is 0.587 e. The lowest BCUT2D eigenvalue weighted by Crippen LogP contribution is -2.11. The van der Waals surface area contributed by atoms with Gasteiger partial charge in [0.1, 0.15) is 28.7 Å². The Hall–Kier alpha value is -1.30. The summed E-state index contributed by atoms with van der Waals surface area (Å²) in [5, 5.41) is 0. The lowest BCUT2D eigenvalue weighted by Gasteiger charge is -2.10. The fourth-order valence-electron chi connectivity index (χ4n) is 1.88. The van der Waals surface area contributed by atoms with Crippen molar-refractivity contribution in [2.75, 3.05) is 0 Å². The van der Waals surface area contributed by atoms with Crippen molar-refractivity contribution in [3.63, 3.8) is 0 Å². The van der Waals surface area contributed by atoms with Crippen LogP contribution >= 0.6 is 15.9 Å². The van der Waals surface area contributed by atoms with Crippen LogP contribution in [-0.2, 0) is 11.4 Å². The number of imidazole rings is 1. The standard InChI is InChI=1S/C14H11BrN2OS/c1-10-5-7-11(8-6-10)19(18)17-9-16-14-12(15)3-2-4-13(14)17/h2-9H,1H3. The molecule has 96 valence electrons. The van der Waals surface area contributed by atoms with E-state index in [1.807, 2.05) is 49.4 Å². The van der Waals surface area contributed by atoms with E-state index in [4.69, 9.17) is 0 Å². The molecule has 3 aromatic rings. The van der Waals surface area contributed by atoms with Gasteiger partial charge in [-0.25, -0.2) is 4.98 Å². The van der Waals surface area contributed by atoms with Gasteiger partial charge in [0.15, 0.2) is 4.90 Å². The topological polar surface area (TPSA) is 40.9 Å². The van der Waals surface area contributed by atoms with Crippen LogP contribution in [0.3, 0.4) is 0 Å². The van der Waals surface area contributed by atoms with Crippen LogP contribution in [0.15, 0.2) is 58.2 Å². The molecular weight excluding hydrogens is 324 g/mol. The number of hydrogen-bond acceptors (Lipinski definition) is 2. The van der Waals surface area contributed by atoms with E-state index in [0.29, 0.717) is 0 Å². The van der Waals surface area contributed by atoms with Gasteiger partial charge in [-0.2, -0.15) is 0 Å². The van der Waals surface area contributed by atoms with Crippen LogP contribution < -0.4 is 0 Å². The Kier molecular flexibility index (Phi) is 3.35. The quantitative estimate of drug-likeness (QED) is 0.671. The predicted octanol–water partition coefficient (Wildman–Crippen LogP) is 3.68. The van der Waals surface area contributed by atoms with Crippen LogP contribution in [0.25, 0.3) is 11.0 Å². The van der Waals surface area contributed by atoms with Gasteiger partial charge in [-0.3, -0.25) is 0 Å². The van der Waals surface area contributed by atoms with Crippen molar-refractivity contribution in [1.29, 1.82) is 0 Å². The van der Waals surface area contributed by atoms with Gasteiger partial charge in [-0.05, 0) is 47.1 Å². The van der Waals surface area contributed by atoms with Gasteiger partial charge in [0.25, 0.3) is 0 Å². The summed E-state index contributed by atoms with van der Waals surface area (Å²) in [5.74, 6) is 0. The Morgan fingerprint density at radius 1 is 1.16 bits per heavy atom. The Morgan fingerprint density at radius 2 is 1.89 bits per heavy atom. The fraction of sp³-hybridized carbons (Fsp3) is 0.0714. The minimum atomic E-state index is -1.27. The highest BCUT2D eigenvalue weighted by Crippen LogP contribution is 2.25. The van der Waals surface area contributed by atoms with Gasteiger partial charge < -0.3 is 4.55 Å². The zero-order valence-corrected chi connectivity index (χ0v) is 12.6. The van der Waals surface area contributed by atoms with E-state index >= 15 is 0 Å². The van der Waals surface area contributed by atoms with E-state index in [1.165, 1.54) is 0 Å². The molecule has 2 aromatic carbocycles. The van der Waals surface area contributed by atoms with E-state index in [2.05, 4.69) is 20.9 Å². The molecule has 0 spiro atoms. The lowest BCUT2D eigenvalue weighted by atomic mass is 10.2. The fourth-order valence-corrected chi connectivity index (χ4v) is 3.40. The van der Waals surface area contributed by atoms with Crippen molar-refractivity contribution in [2.24, 2.45) is 0 Å². The number of hydrogen-bond donors (Lipinski definition) is 0. The van der Waals surface area contributed by atoms with E-state index in [9.17, 15) is 4.55 Å². The van der Waals surface area contributed by atoms with Crippen molar-refractivity contribution >= 4 is 38.3 Å². The summed E-state index contributed by atoms with van der Waals surface area (Å²) in [4.78, 5) is 5.07. The van der Waals surface area contributed by atoms with Gasteiger partial charge in [-0.15, -0.1) is 3.97 Å². The van der Waals surface area contributed by atoms with Gasteiger partial charge in [0.05, 0.1) is 0 Å². The molecular formula is C14H11BrN2OS. The molecule has 0 saturated carbocycles. The number of nitrogens with zero attached hydrogens (tertiary/aromatic N) is 2. The van der Waals surface area contributed by atoms with Crippen LogP contribution in [-0.4, -0.2) is 13.5 Å². The molecule has 0 aliphatic heterocycles. The smallest absolute Gasteiger partial charge is 0.180 e. The maximum absolute atomic E-state index is 12.6. The molecule has 0 fully saturated rings. The second-order valence-electron chi connectivity index (χ2n) is 4.24. The number of fused-ring (bicyclic) bond motifs is 1. The number of para-hydroxylation sites is 1. The maximum Gasteiger partial charge on any atom is 0.180 e. The van der Waals surface area contributed by atoms with Crippen molar-refractivity contribution < 1.29 is 4.55 Å². The highest BCUT2D eigenvalue weighted by Gasteiger charge is 2.18. The second-order valence-corrected chi connectivity index (χ2v) is 6.46. The first-order valence-electron chi connectivity index (χ1n) is 5.77. The second kappa shape index (κ2) is 5.00. The van der Waals surface area contributed by atoms with Crippen LogP contribution in [0, 0.1) is 6.92 Å². The average molecular weight is 335 g/mol. The third-order valence-corrected chi connectivity index (χ3v) is 4.86. The minimum absolute atomic E-state index is 0.768. The van der Waals surface area contributed by atoms with Crippen molar-refractivity contribution in [2.45, 2.75) is 11.8 Å². The predicted molar refractivity (Wildman–Crippen MR) is 80.4 cm³/mol. The molecule has 0 N–H and O–H groups in total. The summed E-state index contributed by atoms with van der Waals surface area (Å²) in [6.45, 7) is 2.01. The van der Waals surface area contributed by atoms with Crippen LogP contribution in [0.2, 0.25) is 0 Å². The molecule has 3 rings (SSSR count). The van der Waals surface area contributed by atoms with Crippen LogP contribution in [0.5, 0.6) is 0 Å². The number of aromatic nitrogens is 2. The molecule has 0 aliphatic carbocycles. The van der Waals surface area contributed by atoms with Crippen LogP contribution in [0.4, 0.5) is 0 Å². The molecule has 0 amide bonds. The molecule has 0 saturated heterocycles. The zero-order chi connectivity index (χ0) is 13.4. The number of aryl methyl sites for hydroxylation is 1. The SMILES string of the molecule is Cc1ccc([S+]([O-])n2cnc3c(Br)cccc32)cc1. The van der Waals surface area contributed by atoms with E-state index in [-0.39, 0.29) is 0 Å². The molecule has 0 aliphatic rings. The summed E-state index contributed by atoms with van der Waals surface area (Å²) < 4.78 is 15.2. The molecule has 0 bridgehead atoms. The van der Waals surface area contributed by atoms with E-state index < -0.39 is 11.4 Å². The first kappa shape index (κ1) is 12.7. The minimum Gasteiger partial charge on any atom is -0.587 e. The molecule has 1 unspecified atom stereocenters. The monoisotopic (exact) mass is 334 g/mol. The van der Waals surface area contributed by atoms with Gasteiger partial charge in [0, 0.05) is 4.47 Å². The van der Waals surface area contributed by atoms with E-state index in [0.717, 1.165) is 26.0 Å². The highest BCUT2D eigenvalue weighted by molar-refractivity contribution is 9.10. The summed E-state index contributed by atoms with van der Waals surface area (Å²) in [7, 11) is 0. The molecule has 1 heterocycles. The van der Waals surface area contributed by atoms with Crippen molar-refractivity contribution in [1.82, 2.24) is 8.96 Å². The third-order valence-electron chi connectivity index (χ3n) is 2.90. The van der Waals surface area contributed by atoms with E-state index in [1.54, 1.807) is 10.3 Å². The molecule has 19 heavy (non-hydrogen) atoms. The highest BCUT2D eigenvalue weighted by atomic mass is 79.9. The van der Waals surface area contributed by atoms with Crippen molar-refractivity contribution in [3.8, 4) is 0 Å². The maximum atomic E-state index is 12.6. The number of rotatable bonds is 2. The summed E-state index contributed by atoms with van der Waals surface area (Å²) in [5.41, 5.74) is 2.83. The summed E-state index contributed by atoms with van der Waals surface area (Å²) >= 11 is 2.18. The zero-order valence-electron chi connectivity index (χ0n) is 10.2. The third kappa shape index (κ3) is 2.29. The number of benzene rings is 2. The van der Waals surface area contributed by atoms with Gasteiger partial charge in [0.2, 0.25) is 0 Å². The van der Waals surface area contributed by atoms with Crippen molar-refractivity contribution in [3.05, 3.63) is 58.8 Å². The Bertz CT molecular complexity index is 724.